The topological polar surface area (TPSA) is 18.5 Å². The smallest absolute Gasteiger partial charge is 0.264 e. The van der Waals surface area contributed by atoms with Gasteiger partial charge in [-0.3, -0.25) is 0 Å². The molecule has 0 N–H and O–H groups in total. The summed E-state index contributed by atoms with van der Waals surface area (Å²) in [4.78, 5) is 0. The van der Waals surface area contributed by atoms with Crippen LogP contribution in [-0.2, 0) is 9.16 Å². The average molecular weight is 254 g/mol. The van der Waals surface area contributed by atoms with Crippen LogP contribution in [0.2, 0.25) is 18.1 Å². The molecule has 0 amide bonds. The van der Waals surface area contributed by atoms with E-state index in [1.54, 1.807) is 0 Å². The van der Waals surface area contributed by atoms with E-state index in [-0.39, 0.29) is 11.1 Å². The molecule has 1 rings (SSSR count). The second kappa shape index (κ2) is 4.89. The van der Waals surface area contributed by atoms with Crippen LogP contribution in [0.15, 0.2) is 24.2 Å². The van der Waals surface area contributed by atoms with Crippen LogP contribution in [0.25, 0.3) is 0 Å². The van der Waals surface area contributed by atoms with Crippen LogP contribution in [0, 0.1) is 0 Å². The number of allylic oxidation sites excluding steroid dienone is 1. The van der Waals surface area contributed by atoms with E-state index >= 15 is 0 Å². The van der Waals surface area contributed by atoms with Crippen molar-refractivity contribution >= 4 is 8.32 Å². The Labute approximate surface area is 107 Å². The Morgan fingerprint density at radius 3 is 2.47 bits per heavy atom. The molecule has 3 heteroatoms. The van der Waals surface area contributed by atoms with E-state index < -0.39 is 8.32 Å². The molecule has 1 heterocycles. The minimum absolute atomic E-state index is 0.110. The Morgan fingerprint density at radius 1 is 1.41 bits per heavy atom. The van der Waals surface area contributed by atoms with E-state index in [9.17, 15) is 0 Å². The fraction of sp³-hybridized carbons (Fsp3) is 0.714. The molecule has 0 saturated carbocycles. The first-order chi connectivity index (χ1) is 7.67. The van der Waals surface area contributed by atoms with Crippen molar-refractivity contribution < 1.29 is 9.16 Å². The molecule has 1 atom stereocenters. The molecule has 0 aliphatic carbocycles. The van der Waals surface area contributed by atoms with Gasteiger partial charge in [-0.15, -0.1) is 0 Å². The second-order valence-electron chi connectivity index (χ2n) is 6.36. The molecule has 0 aromatic heterocycles. The molecule has 1 aliphatic rings. The molecule has 0 aromatic rings. The first-order valence-corrected chi connectivity index (χ1v) is 9.26. The van der Waals surface area contributed by atoms with Crippen LogP contribution in [0.4, 0.5) is 0 Å². The minimum atomic E-state index is -1.79. The first kappa shape index (κ1) is 14.4. The summed E-state index contributed by atoms with van der Waals surface area (Å²) in [5.74, 6) is 0.757. The molecule has 2 nitrogen and oxygen atoms in total. The zero-order valence-corrected chi connectivity index (χ0v) is 13.1. The lowest BCUT2D eigenvalue weighted by Crippen LogP contribution is -2.41. The molecule has 0 spiro atoms. The molecule has 0 saturated heterocycles. The lowest BCUT2D eigenvalue weighted by Gasteiger charge is -2.39. The molecular weight excluding hydrogens is 228 g/mol. The molecule has 0 radical (unpaired) electrons. The summed E-state index contributed by atoms with van der Waals surface area (Å²) in [6.45, 7) is 17.1. The van der Waals surface area contributed by atoms with Crippen molar-refractivity contribution in [3.63, 3.8) is 0 Å². The van der Waals surface area contributed by atoms with E-state index in [0.717, 1.165) is 18.8 Å². The van der Waals surface area contributed by atoms with Gasteiger partial charge in [-0.05, 0) is 37.9 Å². The highest BCUT2D eigenvalue weighted by Crippen LogP contribution is 2.39. The van der Waals surface area contributed by atoms with Gasteiger partial charge in [-0.25, -0.2) is 0 Å². The van der Waals surface area contributed by atoms with E-state index in [1.165, 1.54) is 5.57 Å². The molecule has 0 fully saturated rings. The average Bonchev–Trinajstić information content (AvgIpc) is 2.19. The van der Waals surface area contributed by atoms with E-state index in [1.807, 2.05) is 6.08 Å². The quantitative estimate of drug-likeness (QED) is 0.541. The Balaban J connectivity index is 2.83. The van der Waals surface area contributed by atoms with Gasteiger partial charge in [0.25, 0.3) is 14.3 Å². The van der Waals surface area contributed by atoms with Crippen molar-refractivity contribution in [1.29, 1.82) is 0 Å². The lowest BCUT2D eigenvalue weighted by atomic mass is 10.1. The fourth-order valence-electron chi connectivity index (χ4n) is 1.42. The predicted molar refractivity (Wildman–Crippen MR) is 75.3 cm³/mol. The monoisotopic (exact) mass is 254 g/mol. The summed E-state index contributed by atoms with van der Waals surface area (Å²) in [6, 6.07) is 0. The van der Waals surface area contributed by atoms with Crippen molar-refractivity contribution in [2.24, 2.45) is 0 Å². The van der Waals surface area contributed by atoms with Crippen LogP contribution in [0.5, 0.6) is 0 Å². The summed E-state index contributed by atoms with van der Waals surface area (Å²) < 4.78 is 12.1. The minimum Gasteiger partial charge on any atom is -0.519 e. The number of ether oxygens (including phenoxy) is 1. The third-order valence-electron chi connectivity index (χ3n) is 3.83. The highest BCUT2D eigenvalue weighted by Gasteiger charge is 2.40. The van der Waals surface area contributed by atoms with Crippen LogP contribution in [0.1, 0.15) is 40.5 Å². The van der Waals surface area contributed by atoms with E-state index in [0.29, 0.717) is 0 Å². The molecule has 0 aromatic carbocycles. The zero-order valence-electron chi connectivity index (χ0n) is 12.1. The standard InChI is InChI=1S/C14H26O2Si/c1-8-12-10-9-11(2)13(15-12)16-17(6,7)14(3,4)5/h8,12H,1,9-10H2,2-7H3/t12-/m0/s1. The summed E-state index contributed by atoms with van der Waals surface area (Å²) in [7, 11) is -1.79. The van der Waals surface area contributed by atoms with Gasteiger partial charge in [-0.1, -0.05) is 33.4 Å². The number of hydrogen-bond donors (Lipinski definition) is 0. The molecule has 0 unspecified atom stereocenters. The molecule has 0 bridgehead atoms. The van der Waals surface area contributed by atoms with Gasteiger partial charge >= 0.3 is 0 Å². The maximum absolute atomic E-state index is 6.24. The van der Waals surface area contributed by atoms with Crippen molar-refractivity contribution in [2.45, 2.75) is 64.8 Å². The van der Waals surface area contributed by atoms with Crippen LogP contribution < -0.4 is 0 Å². The highest BCUT2D eigenvalue weighted by molar-refractivity contribution is 6.74. The van der Waals surface area contributed by atoms with Gasteiger partial charge in [0.1, 0.15) is 6.10 Å². The summed E-state index contributed by atoms with van der Waals surface area (Å²) in [6.07, 6.45) is 4.03. The van der Waals surface area contributed by atoms with E-state index in [4.69, 9.17) is 9.16 Å². The molecule has 17 heavy (non-hydrogen) atoms. The van der Waals surface area contributed by atoms with Gasteiger partial charge in [-0.2, -0.15) is 0 Å². The summed E-state index contributed by atoms with van der Waals surface area (Å²) >= 11 is 0. The first-order valence-electron chi connectivity index (χ1n) is 6.35. The van der Waals surface area contributed by atoms with Crippen LogP contribution in [0.3, 0.4) is 0 Å². The Hall–Kier alpha value is -0.703. The summed E-state index contributed by atoms with van der Waals surface area (Å²) in [5, 5.41) is 0.199. The third-order valence-corrected chi connectivity index (χ3v) is 8.14. The lowest BCUT2D eigenvalue weighted by molar-refractivity contribution is 0.0402. The SMILES string of the molecule is C=C[C@H]1CCC(C)=C(O[Si](C)(C)C(C)(C)C)O1. The van der Waals surface area contributed by atoms with E-state index in [2.05, 4.69) is 47.4 Å². The maximum Gasteiger partial charge on any atom is 0.264 e. The van der Waals surface area contributed by atoms with Gasteiger partial charge in [0.2, 0.25) is 0 Å². The molecule has 1 aliphatic heterocycles. The number of hydrogen-bond acceptors (Lipinski definition) is 2. The van der Waals surface area contributed by atoms with Gasteiger partial charge < -0.3 is 9.16 Å². The largest absolute Gasteiger partial charge is 0.519 e. The van der Waals surface area contributed by atoms with Gasteiger partial charge in [0, 0.05) is 5.57 Å². The van der Waals surface area contributed by atoms with Crippen LogP contribution in [-0.4, -0.2) is 14.4 Å². The Kier molecular flexibility index (Phi) is 4.13. The Bertz CT molecular complexity index is 324. The van der Waals surface area contributed by atoms with Crippen LogP contribution >= 0.6 is 0 Å². The molecule has 98 valence electrons. The zero-order chi connectivity index (χ0) is 13.3. The molecular formula is C14H26O2Si. The predicted octanol–water partition coefficient (Wildman–Crippen LogP) is 4.60. The Morgan fingerprint density at radius 2 is 2.00 bits per heavy atom. The highest BCUT2D eigenvalue weighted by atomic mass is 28.4. The number of rotatable bonds is 3. The van der Waals surface area contributed by atoms with Gasteiger partial charge in [0.15, 0.2) is 0 Å². The van der Waals surface area contributed by atoms with Crippen molar-refractivity contribution in [3.8, 4) is 0 Å². The fourth-order valence-corrected chi connectivity index (χ4v) is 2.41. The van der Waals surface area contributed by atoms with Crippen molar-refractivity contribution in [1.82, 2.24) is 0 Å². The second-order valence-corrected chi connectivity index (χ2v) is 11.1. The maximum atomic E-state index is 6.24. The third kappa shape index (κ3) is 3.38. The van der Waals surface area contributed by atoms with Gasteiger partial charge in [0.05, 0.1) is 0 Å². The summed E-state index contributed by atoms with van der Waals surface area (Å²) in [5.41, 5.74) is 1.23. The normalized spacial score (nSPS) is 22.1. The van der Waals surface area contributed by atoms with Crippen molar-refractivity contribution in [3.05, 3.63) is 24.2 Å². The van der Waals surface area contributed by atoms with Crippen molar-refractivity contribution in [2.75, 3.05) is 0 Å².